The van der Waals surface area contributed by atoms with Gasteiger partial charge in [0.05, 0.1) is 10.2 Å². The van der Waals surface area contributed by atoms with Gasteiger partial charge in [-0.05, 0) is 12.1 Å². The summed E-state index contributed by atoms with van der Waals surface area (Å²) in [5.41, 5.74) is 0.712. The first-order valence-corrected chi connectivity index (χ1v) is 4.35. The Labute approximate surface area is 73.1 Å². The number of hydrogen-bond donors (Lipinski definition) is 1. The maximum Gasteiger partial charge on any atom is 0.183 e. The van der Waals surface area contributed by atoms with Crippen molar-refractivity contribution in [1.82, 2.24) is 4.98 Å². The van der Waals surface area contributed by atoms with Crippen molar-refractivity contribution in [1.29, 1.82) is 0 Å². The maximum absolute atomic E-state index is 12.7. The molecule has 2 rings (SSSR count). The normalized spacial score (nSPS) is 10.5. The van der Waals surface area contributed by atoms with E-state index in [-0.39, 0.29) is 5.82 Å². The molecule has 1 heterocycles. The van der Waals surface area contributed by atoms with Gasteiger partial charge in [-0.3, -0.25) is 0 Å². The molecule has 0 bridgehead atoms. The molecule has 0 atom stereocenters. The Kier molecular flexibility index (Phi) is 1.69. The van der Waals surface area contributed by atoms with E-state index >= 15 is 0 Å². The number of halogens is 1. The highest BCUT2D eigenvalue weighted by atomic mass is 32.1. The van der Waals surface area contributed by atoms with Crippen LogP contribution in [-0.4, -0.2) is 12.0 Å². The standard InChI is InChI=1S/C8H7FN2S/c1-10-8-11-6-4-5(9)2-3-7(6)12-8/h2-4H,1H3,(H,10,11). The maximum atomic E-state index is 12.7. The SMILES string of the molecule is CNc1nc2cc(F)ccc2s1. The summed E-state index contributed by atoms with van der Waals surface area (Å²) in [6.45, 7) is 0. The Bertz CT molecular complexity index is 410. The molecule has 0 radical (unpaired) electrons. The van der Waals surface area contributed by atoms with E-state index in [0.29, 0.717) is 5.52 Å². The van der Waals surface area contributed by atoms with Gasteiger partial charge in [0.25, 0.3) is 0 Å². The summed E-state index contributed by atoms with van der Waals surface area (Å²) in [6.07, 6.45) is 0. The second kappa shape index (κ2) is 2.71. The number of hydrogen-bond acceptors (Lipinski definition) is 3. The van der Waals surface area contributed by atoms with Crippen molar-refractivity contribution >= 4 is 26.7 Å². The van der Waals surface area contributed by atoms with Crippen LogP contribution in [0.25, 0.3) is 10.2 Å². The summed E-state index contributed by atoms with van der Waals surface area (Å²) in [4.78, 5) is 4.16. The Hall–Kier alpha value is -1.16. The molecule has 2 nitrogen and oxygen atoms in total. The highest BCUT2D eigenvalue weighted by Gasteiger charge is 2.01. The van der Waals surface area contributed by atoms with E-state index in [1.54, 1.807) is 13.1 Å². The molecule has 0 amide bonds. The second-order valence-corrected chi connectivity index (χ2v) is 3.41. The van der Waals surface area contributed by atoms with Crippen LogP contribution in [0.5, 0.6) is 0 Å². The van der Waals surface area contributed by atoms with Gasteiger partial charge >= 0.3 is 0 Å². The highest BCUT2D eigenvalue weighted by molar-refractivity contribution is 7.22. The van der Waals surface area contributed by atoms with Crippen LogP contribution in [0.1, 0.15) is 0 Å². The summed E-state index contributed by atoms with van der Waals surface area (Å²) in [5, 5.41) is 3.74. The fourth-order valence-corrected chi connectivity index (χ4v) is 1.81. The van der Waals surface area contributed by atoms with Gasteiger partial charge in [0.2, 0.25) is 0 Å². The van der Waals surface area contributed by atoms with E-state index in [9.17, 15) is 4.39 Å². The second-order valence-electron chi connectivity index (χ2n) is 2.38. The molecule has 0 spiro atoms. The minimum Gasteiger partial charge on any atom is -0.365 e. The molecule has 0 aliphatic rings. The van der Waals surface area contributed by atoms with Crippen LogP contribution in [0.4, 0.5) is 9.52 Å². The molecule has 1 aromatic heterocycles. The van der Waals surface area contributed by atoms with E-state index in [1.807, 2.05) is 0 Å². The van der Waals surface area contributed by atoms with Crippen molar-refractivity contribution in [2.45, 2.75) is 0 Å². The molecule has 0 aliphatic carbocycles. The van der Waals surface area contributed by atoms with E-state index in [1.165, 1.54) is 23.5 Å². The van der Waals surface area contributed by atoms with E-state index < -0.39 is 0 Å². The molecular formula is C8H7FN2S. The summed E-state index contributed by atoms with van der Waals surface area (Å²) < 4.78 is 13.7. The molecule has 2 aromatic rings. The van der Waals surface area contributed by atoms with E-state index in [0.717, 1.165) is 9.83 Å². The van der Waals surface area contributed by atoms with Crippen molar-refractivity contribution < 1.29 is 4.39 Å². The number of nitrogens with zero attached hydrogens (tertiary/aromatic N) is 1. The molecule has 4 heteroatoms. The van der Waals surface area contributed by atoms with E-state index in [4.69, 9.17) is 0 Å². The third-order valence-corrected chi connectivity index (χ3v) is 2.62. The molecule has 1 N–H and O–H groups in total. The lowest BCUT2D eigenvalue weighted by atomic mass is 10.3. The number of aromatic nitrogens is 1. The number of rotatable bonds is 1. The number of nitrogens with one attached hydrogen (secondary N) is 1. The zero-order valence-electron chi connectivity index (χ0n) is 6.47. The monoisotopic (exact) mass is 182 g/mol. The van der Waals surface area contributed by atoms with Crippen LogP contribution in [0.2, 0.25) is 0 Å². The summed E-state index contributed by atoms with van der Waals surface area (Å²) in [6, 6.07) is 4.62. The van der Waals surface area contributed by atoms with Gasteiger partial charge in [-0.1, -0.05) is 11.3 Å². The average molecular weight is 182 g/mol. The summed E-state index contributed by atoms with van der Waals surface area (Å²) >= 11 is 1.52. The van der Waals surface area contributed by atoms with Crippen LogP contribution in [-0.2, 0) is 0 Å². The van der Waals surface area contributed by atoms with Gasteiger partial charge < -0.3 is 5.32 Å². The lowest BCUT2D eigenvalue weighted by Gasteiger charge is -1.85. The Morgan fingerprint density at radius 1 is 1.50 bits per heavy atom. The molecule has 0 saturated heterocycles. The third-order valence-electron chi connectivity index (χ3n) is 1.56. The van der Waals surface area contributed by atoms with Gasteiger partial charge in [-0.2, -0.15) is 0 Å². The molecule has 0 fully saturated rings. The van der Waals surface area contributed by atoms with Crippen molar-refractivity contribution in [2.24, 2.45) is 0 Å². The average Bonchev–Trinajstić information content (AvgIpc) is 2.46. The molecule has 62 valence electrons. The largest absolute Gasteiger partial charge is 0.365 e. The number of thiazole rings is 1. The highest BCUT2D eigenvalue weighted by Crippen LogP contribution is 2.25. The van der Waals surface area contributed by atoms with E-state index in [2.05, 4.69) is 10.3 Å². The molecular weight excluding hydrogens is 175 g/mol. The minimum atomic E-state index is -0.240. The number of benzene rings is 1. The van der Waals surface area contributed by atoms with Gasteiger partial charge in [0, 0.05) is 13.1 Å². The van der Waals surface area contributed by atoms with Crippen LogP contribution >= 0.6 is 11.3 Å². The predicted molar refractivity (Wildman–Crippen MR) is 49.1 cm³/mol. The van der Waals surface area contributed by atoms with Crippen molar-refractivity contribution in [2.75, 3.05) is 12.4 Å². The quantitative estimate of drug-likeness (QED) is 0.732. The molecule has 0 unspecified atom stereocenters. The van der Waals surface area contributed by atoms with Crippen LogP contribution in [0.3, 0.4) is 0 Å². The fourth-order valence-electron chi connectivity index (χ4n) is 1.01. The van der Waals surface area contributed by atoms with Crippen LogP contribution in [0, 0.1) is 5.82 Å². The topological polar surface area (TPSA) is 24.9 Å². The predicted octanol–water partition coefficient (Wildman–Crippen LogP) is 2.48. The zero-order valence-corrected chi connectivity index (χ0v) is 7.28. The Morgan fingerprint density at radius 2 is 2.33 bits per heavy atom. The van der Waals surface area contributed by atoms with Gasteiger partial charge in [0.15, 0.2) is 5.13 Å². The lowest BCUT2D eigenvalue weighted by molar-refractivity contribution is 0.629. The first kappa shape index (κ1) is 7.49. The Balaban J connectivity index is 2.67. The van der Waals surface area contributed by atoms with Crippen molar-refractivity contribution in [3.05, 3.63) is 24.0 Å². The lowest BCUT2D eigenvalue weighted by Crippen LogP contribution is -1.84. The van der Waals surface area contributed by atoms with Crippen LogP contribution < -0.4 is 5.32 Å². The number of fused-ring (bicyclic) bond motifs is 1. The van der Waals surface area contributed by atoms with Gasteiger partial charge in [-0.15, -0.1) is 0 Å². The summed E-state index contributed by atoms with van der Waals surface area (Å²) in [7, 11) is 1.80. The zero-order chi connectivity index (χ0) is 8.55. The van der Waals surface area contributed by atoms with Gasteiger partial charge in [-0.25, -0.2) is 9.37 Å². The first-order valence-electron chi connectivity index (χ1n) is 3.53. The van der Waals surface area contributed by atoms with Crippen molar-refractivity contribution in [3.8, 4) is 0 Å². The molecule has 12 heavy (non-hydrogen) atoms. The van der Waals surface area contributed by atoms with Gasteiger partial charge in [0.1, 0.15) is 5.82 Å². The molecule has 0 aliphatic heterocycles. The smallest absolute Gasteiger partial charge is 0.183 e. The third kappa shape index (κ3) is 1.14. The first-order chi connectivity index (χ1) is 5.79. The molecule has 1 aromatic carbocycles. The summed E-state index contributed by atoms with van der Waals surface area (Å²) in [5.74, 6) is -0.240. The Morgan fingerprint density at radius 3 is 3.08 bits per heavy atom. The molecule has 0 saturated carbocycles. The van der Waals surface area contributed by atoms with Crippen molar-refractivity contribution in [3.63, 3.8) is 0 Å². The minimum absolute atomic E-state index is 0.240. The number of anilines is 1. The van der Waals surface area contributed by atoms with Crippen LogP contribution in [0.15, 0.2) is 18.2 Å². The fraction of sp³-hybridized carbons (Fsp3) is 0.125.